The number of hydrogen-bond donors (Lipinski definition) is 1. The van der Waals surface area contributed by atoms with Crippen LogP contribution in [0.15, 0.2) is 0 Å². The summed E-state index contributed by atoms with van der Waals surface area (Å²) in [7, 11) is 0. The van der Waals surface area contributed by atoms with Crippen LogP contribution in [-0.4, -0.2) is 59.9 Å². The van der Waals surface area contributed by atoms with Crippen molar-refractivity contribution in [2.45, 2.75) is 31.5 Å². The van der Waals surface area contributed by atoms with Crippen molar-refractivity contribution in [1.82, 2.24) is 4.90 Å². The second-order valence-electron chi connectivity index (χ2n) is 4.64. The molecule has 0 aromatic heterocycles. The van der Waals surface area contributed by atoms with E-state index in [2.05, 4.69) is 0 Å². The summed E-state index contributed by atoms with van der Waals surface area (Å²) in [5.74, 6) is -1.12. The third-order valence-electron chi connectivity index (χ3n) is 3.38. The number of carboxylic acids is 1. The molecule has 96 valence electrons. The average molecular weight is 243 g/mol. The van der Waals surface area contributed by atoms with Crippen LogP contribution in [0.1, 0.15) is 19.8 Å². The molecule has 17 heavy (non-hydrogen) atoms. The first-order valence-electron chi connectivity index (χ1n) is 5.76. The van der Waals surface area contributed by atoms with Gasteiger partial charge in [0.2, 0.25) is 5.91 Å². The van der Waals surface area contributed by atoms with Crippen molar-refractivity contribution in [3.8, 4) is 0 Å². The minimum absolute atomic E-state index is 0.106. The van der Waals surface area contributed by atoms with Crippen molar-refractivity contribution in [2.75, 3.05) is 26.3 Å². The van der Waals surface area contributed by atoms with E-state index in [-0.39, 0.29) is 12.5 Å². The minimum atomic E-state index is -1.01. The SMILES string of the molecule is CC(=O)N1CC(C(=O)O)OC2(CCOCC2)C1. The van der Waals surface area contributed by atoms with Crippen LogP contribution in [0.4, 0.5) is 0 Å². The lowest BCUT2D eigenvalue weighted by molar-refractivity contribution is -0.204. The maximum Gasteiger partial charge on any atom is 0.334 e. The van der Waals surface area contributed by atoms with Crippen molar-refractivity contribution in [3.05, 3.63) is 0 Å². The highest BCUT2D eigenvalue weighted by molar-refractivity contribution is 5.77. The Bertz CT molecular complexity index is 300. The molecule has 0 radical (unpaired) electrons. The lowest BCUT2D eigenvalue weighted by Crippen LogP contribution is -2.60. The molecule has 0 bridgehead atoms. The van der Waals surface area contributed by atoms with Gasteiger partial charge in [-0.3, -0.25) is 4.79 Å². The summed E-state index contributed by atoms with van der Waals surface area (Å²) in [5.41, 5.74) is -0.536. The fourth-order valence-electron chi connectivity index (χ4n) is 2.38. The number of ether oxygens (including phenoxy) is 2. The molecule has 6 heteroatoms. The molecule has 0 aliphatic carbocycles. The number of amides is 1. The highest BCUT2D eigenvalue weighted by atomic mass is 16.5. The van der Waals surface area contributed by atoms with Crippen LogP contribution in [0, 0.1) is 0 Å². The molecule has 1 N–H and O–H groups in total. The molecule has 2 heterocycles. The number of aliphatic carboxylic acids is 1. The molecule has 6 nitrogen and oxygen atoms in total. The Balaban J connectivity index is 2.15. The standard InChI is InChI=1S/C11H17NO5/c1-8(13)12-6-9(10(14)15)17-11(7-12)2-4-16-5-3-11/h9H,2-7H2,1H3,(H,14,15). The molecule has 2 aliphatic heterocycles. The van der Waals surface area contributed by atoms with Gasteiger partial charge < -0.3 is 19.5 Å². The average Bonchev–Trinajstić information content (AvgIpc) is 2.29. The summed E-state index contributed by atoms with van der Waals surface area (Å²) in [4.78, 5) is 24.1. The Labute approximate surface area is 99.5 Å². The zero-order chi connectivity index (χ0) is 12.5. The molecule has 1 atom stereocenters. The summed E-state index contributed by atoms with van der Waals surface area (Å²) in [6.07, 6.45) is 0.354. The van der Waals surface area contributed by atoms with E-state index in [0.29, 0.717) is 32.6 Å². The molecule has 1 amide bonds. The Hall–Kier alpha value is -1.14. The first-order valence-corrected chi connectivity index (χ1v) is 5.76. The lowest BCUT2D eigenvalue weighted by atomic mass is 9.91. The second-order valence-corrected chi connectivity index (χ2v) is 4.64. The number of carboxylic acid groups (broad SMARTS) is 1. The molecule has 2 saturated heterocycles. The van der Waals surface area contributed by atoms with Crippen LogP contribution < -0.4 is 0 Å². The van der Waals surface area contributed by atoms with Crippen LogP contribution >= 0.6 is 0 Å². The van der Waals surface area contributed by atoms with Crippen LogP contribution in [0.25, 0.3) is 0 Å². The Kier molecular flexibility index (Phi) is 3.35. The van der Waals surface area contributed by atoms with Crippen molar-refractivity contribution in [3.63, 3.8) is 0 Å². The van der Waals surface area contributed by atoms with Gasteiger partial charge >= 0.3 is 5.97 Å². The van der Waals surface area contributed by atoms with E-state index in [1.54, 1.807) is 4.90 Å². The van der Waals surface area contributed by atoms with Gasteiger partial charge in [0.05, 0.1) is 12.1 Å². The summed E-state index contributed by atoms with van der Waals surface area (Å²) in [6, 6.07) is 0. The molecule has 0 saturated carbocycles. The van der Waals surface area contributed by atoms with Crippen LogP contribution in [-0.2, 0) is 19.1 Å². The van der Waals surface area contributed by atoms with Gasteiger partial charge in [-0.25, -0.2) is 4.79 Å². The summed E-state index contributed by atoms with van der Waals surface area (Å²) < 4.78 is 10.9. The highest BCUT2D eigenvalue weighted by Crippen LogP contribution is 2.31. The van der Waals surface area contributed by atoms with Crippen molar-refractivity contribution < 1.29 is 24.2 Å². The third-order valence-corrected chi connectivity index (χ3v) is 3.38. The Morgan fingerprint density at radius 1 is 1.35 bits per heavy atom. The van der Waals surface area contributed by atoms with E-state index in [1.165, 1.54) is 6.92 Å². The second kappa shape index (κ2) is 4.62. The topological polar surface area (TPSA) is 76.1 Å². The molecule has 1 spiro atoms. The monoisotopic (exact) mass is 243 g/mol. The van der Waals surface area contributed by atoms with Gasteiger partial charge in [-0.05, 0) is 0 Å². The number of rotatable bonds is 1. The number of carbonyl (C=O) groups is 2. The van der Waals surface area contributed by atoms with Crippen LogP contribution in [0.5, 0.6) is 0 Å². The normalized spacial score (nSPS) is 28.1. The largest absolute Gasteiger partial charge is 0.479 e. The van der Waals surface area contributed by atoms with Crippen LogP contribution in [0.2, 0.25) is 0 Å². The maximum absolute atomic E-state index is 11.4. The highest BCUT2D eigenvalue weighted by Gasteiger charge is 2.44. The third kappa shape index (κ3) is 2.58. The summed E-state index contributed by atoms with van der Waals surface area (Å²) in [5, 5.41) is 9.06. The molecule has 0 aromatic carbocycles. The summed E-state index contributed by atoms with van der Waals surface area (Å²) in [6.45, 7) is 3.16. The first-order chi connectivity index (χ1) is 8.02. The van der Waals surface area contributed by atoms with E-state index < -0.39 is 17.7 Å². The lowest BCUT2D eigenvalue weighted by Gasteiger charge is -2.46. The molecule has 1 unspecified atom stereocenters. The Morgan fingerprint density at radius 3 is 2.53 bits per heavy atom. The molecular formula is C11H17NO5. The number of nitrogens with zero attached hydrogens (tertiary/aromatic N) is 1. The first kappa shape index (κ1) is 12.3. The van der Waals surface area contributed by atoms with Gasteiger partial charge in [-0.15, -0.1) is 0 Å². The maximum atomic E-state index is 11.4. The molecule has 2 rings (SSSR count). The number of carbonyl (C=O) groups excluding carboxylic acids is 1. The smallest absolute Gasteiger partial charge is 0.334 e. The number of hydrogen-bond acceptors (Lipinski definition) is 4. The van der Waals surface area contributed by atoms with Crippen molar-refractivity contribution >= 4 is 11.9 Å². The molecule has 2 aliphatic rings. The van der Waals surface area contributed by atoms with E-state index >= 15 is 0 Å². The van der Waals surface area contributed by atoms with Gasteiger partial charge in [0.1, 0.15) is 0 Å². The summed E-state index contributed by atoms with van der Waals surface area (Å²) >= 11 is 0. The predicted molar refractivity (Wildman–Crippen MR) is 57.5 cm³/mol. The molecular weight excluding hydrogens is 226 g/mol. The molecule has 2 fully saturated rings. The number of morpholine rings is 1. The van der Waals surface area contributed by atoms with E-state index in [4.69, 9.17) is 14.6 Å². The zero-order valence-electron chi connectivity index (χ0n) is 9.85. The fraction of sp³-hybridized carbons (Fsp3) is 0.818. The van der Waals surface area contributed by atoms with Gasteiger partial charge in [-0.2, -0.15) is 0 Å². The van der Waals surface area contributed by atoms with Crippen LogP contribution in [0.3, 0.4) is 0 Å². The van der Waals surface area contributed by atoms with Crippen molar-refractivity contribution in [2.24, 2.45) is 0 Å². The van der Waals surface area contributed by atoms with Gasteiger partial charge in [-0.1, -0.05) is 0 Å². The fourth-order valence-corrected chi connectivity index (χ4v) is 2.38. The van der Waals surface area contributed by atoms with Gasteiger partial charge in [0.15, 0.2) is 6.10 Å². The Morgan fingerprint density at radius 2 is 2.00 bits per heavy atom. The van der Waals surface area contributed by atoms with E-state index in [9.17, 15) is 9.59 Å². The van der Waals surface area contributed by atoms with E-state index in [0.717, 1.165) is 0 Å². The quantitative estimate of drug-likeness (QED) is 0.694. The van der Waals surface area contributed by atoms with Gasteiger partial charge in [0.25, 0.3) is 0 Å². The van der Waals surface area contributed by atoms with E-state index in [1.807, 2.05) is 0 Å². The van der Waals surface area contributed by atoms with Gasteiger partial charge in [0, 0.05) is 39.5 Å². The molecule has 0 aromatic rings. The predicted octanol–water partition coefficient (Wildman–Crippen LogP) is -0.132. The van der Waals surface area contributed by atoms with Crippen molar-refractivity contribution in [1.29, 1.82) is 0 Å². The zero-order valence-corrected chi connectivity index (χ0v) is 9.85. The minimum Gasteiger partial charge on any atom is -0.479 e.